The predicted molar refractivity (Wildman–Crippen MR) is 53.3 cm³/mol. The van der Waals surface area contributed by atoms with Crippen LogP contribution in [0.3, 0.4) is 0 Å². The zero-order valence-corrected chi connectivity index (χ0v) is 8.29. The Hall–Kier alpha value is -1.92. The number of rotatable bonds is 5. The molecule has 0 atom stereocenters. The fourth-order valence-corrected chi connectivity index (χ4v) is 1.11. The van der Waals surface area contributed by atoms with Crippen molar-refractivity contribution in [2.75, 3.05) is 37.2 Å². The molecular weight excluding hydrogens is 186 g/mol. The van der Waals surface area contributed by atoms with Gasteiger partial charge in [-0.3, -0.25) is 4.79 Å². The molecule has 1 aromatic heterocycles. The van der Waals surface area contributed by atoms with Gasteiger partial charge in [-0.15, -0.1) is 5.10 Å². The second-order valence-corrected chi connectivity index (χ2v) is 2.38. The second-order valence-electron chi connectivity index (χ2n) is 2.38. The van der Waals surface area contributed by atoms with Crippen LogP contribution in [0.1, 0.15) is 0 Å². The number of hydrogen-bond donors (Lipinski definition) is 3. The van der Waals surface area contributed by atoms with E-state index < -0.39 is 0 Å². The molecule has 78 valence electrons. The third-order valence-electron chi connectivity index (χ3n) is 1.69. The van der Waals surface area contributed by atoms with E-state index in [2.05, 4.69) is 21.2 Å². The van der Waals surface area contributed by atoms with Crippen molar-refractivity contribution in [1.82, 2.24) is 9.89 Å². The van der Waals surface area contributed by atoms with Crippen LogP contribution >= 0.6 is 0 Å². The van der Waals surface area contributed by atoms with Gasteiger partial charge in [0.2, 0.25) is 5.75 Å². The van der Waals surface area contributed by atoms with Gasteiger partial charge in [0.1, 0.15) is 0 Å². The Morgan fingerprint density at radius 1 is 1.36 bits per heavy atom. The molecule has 0 aliphatic carbocycles. The maximum atomic E-state index is 10.3. The van der Waals surface area contributed by atoms with E-state index in [1.807, 2.05) is 0 Å². The quantitative estimate of drug-likeness (QED) is 0.564. The summed E-state index contributed by atoms with van der Waals surface area (Å²) in [6, 6.07) is 0. The third-order valence-corrected chi connectivity index (χ3v) is 1.69. The summed E-state index contributed by atoms with van der Waals surface area (Å²) in [4.78, 5) is 11.7. The van der Waals surface area contributed by atoms with Crippen molar-refractivity contribution in [3.63, 3.8) is 0 Å². The van der Waals surface area contributed by atoms with Gasteiger partial charge in [0.05, 0.1) is 0 Å². The SMILES string of the molecule is CNc1nn(NC)c(NC)c1OC=O. The van der Waals surface area contributed by atoms with E-state index in [0.29, 0.717) is 23.9 Å². The summed E-state index contributed by atoms with van der Waals surface area (Å²) < 4.78 is 4.80. The molecule has 0 aliphatic rings. The molecule has 0 radical (unpaired) electrons. The Morgan fingerprint density at radius 2 is 2.07 bits per heavy atom. The third kappa shape index (κ3) is 1.56. The number of carbonyl (C=O) groups is 1. The van der Waals surface area contributed by atoms with Gasteiger partial charge >= 0.3 is 0 Å². The van der Waals surface area contributed by atoms with E-state index in [1.54, 1.807) is 21.1 Å². The fraction of sp³-hybridized carbons (Fsp3) is 0.429. The fourth-order valence-electron chi connectivity index (χ4n) is 1.11. The molecule has 0 bridgehead atoms. The van der Waals surface area contributed by atoms with Gasteiger partial charge < -0.3 is 20.8 Å². The van der Waals surface area contributed by atoms with Gasteiger partial charge in [0.15, 0.2) is 11.6 Å². The van der Waals surface area contributed by atoms with Crippen LogP contribution in [0.5, 0.6) is 5.75 Å². The highest BCUT2D eigenvalue weighted by Gasteiger charge is 2.17. The molecule has 0 fully saturated rings. The number of nitrogens with zero attached hydrogens (tertiary/aromatic N) is 2. The van der Waals surface area contributed by atoms with E-state index in [1.165, 1.54) is 4.79 Å². The smallest absolute Gasteiger partial charge is 0.298 e. The highest BCUT2D eigenvalue weighted by Crippen LogP contribution is 2.31. The Morgan fingerprint density at radius 3 is 2.50 bits per heavy atom. The summed E-state index contributed by atoms with van der Waals surface area (Å²) in [7, 11) is 5.11. The van der Waals surface area contributed by atoms with E-state index in [0.717, 1.165) is 0 Å². The van der Waals surface area contributed by atoms with Gasteiger partial charge in [0.25, 0.3) is 6.47 Å². The summed E-state index contributed by atoms with van der Waals surface area (Å²) in [6.07, 6.45) is 0. The molecule has 1 rings (SSSR count). The van der Waals surface area contributed by atoms with E-state index in [-0.39, 0.29) is 0 Å². The van der Waals surface area contributed by atoms with Crippen LogP contribution in [0, 0.1) is 0 Å². The topological polar surface area (TPSA) is 80.2 Å². The number of hydrogen-bond acceptors (Lipinski definition) is 6. The predicted octanol–water partition coefficient (Wildman–Crippen LogP) is -0.325. The highest BCUT2D eigenvalue weighted by molar-refractivity contribution is 5.68. The summed E-state index contributed by atoms with van der Waals surface area (Å²) in [5.74, 6) is 1.42. The number of aromatic nitrogens is 2. The van der Waals surface area contributed by atoms with Crippen LogP contribution < -0.4 is 20.8 Å². The molecule has 7 heteroatoms. The molecule has 0 saturated heterocycles. The molecule has 0 aliphatic heterocycles. The summed E-state index contributed by atoms with van der Waals surface area (Å²) in [5, 5.41) is 9.77. The number of anilines is 2. The average Bonchev–Trinajstić information content (AvgIpc) is 2.56. The molecule has 14 heavy (non-hydrogen) atoms. The minimum absolute atomic E-state index is 0.360. The van der Waals surface area contributed by atoms with Gasteiger partial charge in [-0.25, -0.2) is 0 Å². The van der Waals surface area contributed by atoms with Crippen molar-refractivity contribution in [3.05, 3.63) is 0 Å². The maximum absolute atomic E-state index is 10.3. The highest BCUT2D eigenvalue weighted by atomic mass is 16.5. The van der Waals surface area contributed by atoms with Crippen LogP contribution in [-0.2, 0) is 4.79 Å². The van der Waals surface area contributed by atoms with Gasteiger partial charge in [-0.1, -0.05) is 0 Å². The van der Waals surface area contributed by atoms with Crippen molar-refractivity contribution >= 4 is 18.1 Å². The van der Waals surface area contributed by atoms with Crippen LogP contribution in [0.25, 0.3) is 0 Å². The van der Waals surface area contributed by atoms with Crippen LogP contribution in [-0.4, -0.2) is 37.5 Å². The molecule has 0 unspecified atom stereocenters. The molecule has 0 amide bonds. The summed E-state index contributed by atoms with van der Waals surface area (Å²) in [5.41, 5.74) is 2.81. The van der Waals surface area contributed by atoms with Crippen molar-refractivity contribution in [2.24, 2.45) is 0 Å². The van der Waals surface area contributed by atoms with Crippen LogP contribution in [0.2, 0.25) is 0 Å². The first-order valence-electron chi connectivity index (χ1n) is 4.05. The molecule has 7 nitrogen and oxygen atoms in total. The normalized spacial score (nSPS) is 9.36. The Bertz CT molecular complexity index is 322. The summed E-state index contributed by atoms with van der Waals surface area (Å²) >= 11 is 0. The lowest BCUT2D eigenvalue weighted by molar-refractivity contribution is -0.120. The van der Waals surface area contributed by atoms with Crippen LogP contribution in [0.4, 0.5) is 11.6 Å². The Balaban J connectivity index is 3.17. The first kappa shape index (κ1) is 10.2. The molecule has 0 spiro atoms. The maximum Gasteiger partial charge on any atom is 0.298 e. The number of carbonyl (C=O) groups excluding carboxylic acids is 1. The van der Waals surface area contributed by atoms with Crippen molar-refractivity contribution in [3.8, 4) is 5.75 Å². The van der Waals surface area contributed by atoms with Crippen molar-refractivity contribution in [2.45, 2.75) is 0 Å². The molecule has 1 heterocycles. The zero-order chi connectivity index (χ0) is 10.6. The molecule has 0 aromatic carbocycles. The lowest BCUT2D eigenvalue weighted by Crippen LogP contribution is -2.13. The zero-order valence-electron chi connectivity index (χ0n) is 8.29. The monoisotopic (exact) mass is 199 g/mol. The molecule has 3 N–H and O–H groups in total. The average molecular weight is 199 g/mol. The largest absolute Gasteiger partial charge is 0.421 e. The Kier molecular flexibility index (Phi) is 3.16. The lowest BCUT2D eigenvalue weighted by atomic mass is 10.5. The van der Waals surface area contributed by atoms with Gasteiger partial charge in [0, 0.05) is 21.1 Å². The lowest BCUT2D eigenvalue weighted by Gasteiger charge is -2.05. The standard InChI is InChI=1S/C7H13N5O2/c1-8-6-5(14-4-13)7(9-2)12(10-3)11-6/h4,9-10H,1-3H3,(H,8,11). The van der Waals surface area contributed by atoms with Gasteiger partial charge in [-0.05, 0) is 0 Å². The van der Waals surface area contributed by atoms with Crippen molar-refractivity contribution in [1.29, 1.82) is 0 Å². The minimum atomic E-state index is 0.360. The molecule has 1 aromatic rings. The van der Waals surface area contributed by atoms with E-state index in [9.17, 15) is 4.79 Å². The van der Waals surface area contributed by atoms with Crippen molar-refractivity contribution < 1.29 is 9.53 Å². The first-order chi connectivity index (χ1) is 6.78. The number of ether oxygens (including phenoxy) is 1. The van der Waals surface area contributed by atoms with Crippen LogP contribution in [0.15, 0.2) is 0 Å². The Labute approximate surface area is 81.4 Å². The first-order valence-corrected chi connectivity index (χ1v) is 4.05. The van der Waals surface area contributed by atoms with Gasteiger partial charge in [-0.2, -0.15) is 4.79 Å². The molecule has 0 saturated carbocycles. The van der Waals surface area contributed by atoms with E-state index >= 15 is 0 Å². The minimum Gasteiger partial charge on any atom is -0.421 e. The molecular formula is C7H13N5O2. The second kappa shape index (κ2) is 4.35. The summed E-state index contributed by atoms with van der Waals surface area (Å²) in [6.45, 7) is 0.360. The number of nitrogens with one attached hydrogen (secondary N) is 3. The van der Waals surface area contributed by atoms with E-state index in [4.69, 9.17) is 4.74 Å².